The Morgan fingerprint density at radius 3 is 2.20 bits per heavy atom. The Kier molecular flexibility index (Phi) is 13.9. The third-order valence-electron chi connectivity index (χ3n) is 7.33. The van der Waals surface area contributed by atoms with Gasteiger partial charge in [0, 0.05) is 12.1 Å². The number of carbonyl (C=O) groups is 2. The lowest BCUT2D eigenvalue weighted by Crippen LogP contribution is -2.20. The number of hydrogen-bond donors (Lipinski definition) is 1. The molecule has 0 aliphatic carbocycles. The molecule has 1 aromatic heterocycles. The van der Waals surface area contributed by atoms with Crippen molar-refractivity contribution in [3.63, 3.8) is 0 Å². The van der Waals surface area contributed by atoms with Gasteiger partial charge in [-0.05, 0) is 67.4 Å². The molecule has 1 heterocycles. The zero-order chi connectivity index (χ0) is 31.7. The Morgan fingerprint density at radius 2 is 1.51 bits per heavy atom. The number of rotatable bonds is 18. The van der Waals surface area contributed by atoms with E-state index in [4.69, 9.17) is 4.74 Å². The standard InChI is InChI=1S/C36H43N5O3S/c1-3-4-5-6-7-8-9-10-14-17-33-38-40-36(41(33)31-15-12-11-13-16-31)45-27-34(42)39-37-26-29-20-24-32(25-21-29)44-35(43)30-22-18-28(2)19-23-30/h11-13,15-16,18-26H,3-10,14,17,27H2,1-2H3,(H,39,42). The van der Waals surface area contributed by atoms with Gasteiger partial charge in [0.25, 0.3) is 5.91 Å². The molecular formula is C36H43N5O3S. The number of aromatic nitrogens is 3. The zero-order valence-corrected chi connectivity index (χ0v) is 27.1. The van der Waals surface area contributed by atoms with Crippen molar-refractivity contribution in [3.05, 3.63) is 101 Å². The van der Waals surface area contributed by atoms with E-state index in [1.54, 1.807) is 42.6 Å². The largest absolute Gasteiger partial charge is 0.423 e. The normalized spacial score (nSPS) is 11.2. The van der Waals surface area contributed by atoms with Crippen molar-refractivity contribution < 1.29 is 14.3 Å². The maximum absolute atomic E-state index is 12.6. The second kappa shape index (κ2) is 18.5. The number of hydrazone groups is 1. The van der Waals surface area contributed by atoms with Gasteiger partial charge in [0.05, 0.1) is 17.5 Å². The van der Waals surface area contributed by atoms with E-state index in [0.29, 0.717) is 16.5 Å². The van der Waals surface area contributed by atoms with Crippen molar-refractivity contribution in [3.8, 4) is 11.4 Å². The van der Waals surface area contributed by atoms with E-state index in [1.165, 1.54) is 63.1 Å². The molecule has 0 fully saturated rings. The van der Waals surface area contributed by atoms with Crippen LogP contribution in [-0.2, 0) is 11.2 Å². The average molecular weight is 626 g/mol. The first kappa shape index (κ1) is 33.6. The van der Waals surface area contributed by atoms with Crippen molar-refractivity contribution in [1.29, 1.82) is 0 Å². The summed E-state index contributed by atoms with van der Waals surface area (Å²) in [5.74, 6) is 0.827. The van der Waals surface area contributed by atoms with Crippen LogP contribution in [0.3, 0.4) is 0 Å². The molecule has 4 rings (SSSR count). The summed E-state index contributed by atoms with van der Waals surface area (Å²) in [7, 11) is 0. The van der Waals surface area contributed by atoms with Crippen LogP contribution < -0.4 is 10.2 Å². The molecule has 0 aliphatic rings. The Morgan fingerprint density at radius 1 is 0.844 bits per heavy atom. The summed E-state index contributed by atoms with van der Waals surface area (Å²) in [6.45, 7) is 4.21. The first-order valence-electron chi connectivity index (χ1n) is 15.9. The Bertz CT molecular complexity index is 1500. The molecule has 0 saturated carbocycles. The molecule has 1 amide bonds. The highest BCUT2D eigenvalue weighted by Crippen LogP contribution is 2.23. The number of ether oxygens (including phenoxy) is 1. The van der Waals surface area contributed by atoms with Gasteiger partial charge in [-0.1, -0.05) is 106 Å². The van der Waals surface area contributed by atoms with Gasteiger partial charge in [-0.2, -0.15) is 5.10 Å². The molecule has 0 radical (unpaired) electrons. The molecule has 0 spiro atoms. The average Bonchev–Trinajstić information content (AvgIpc) is 3.47. The third-order valence-corrected chi connectivity index (χ3v) is 8.26. The van der Waals surface area contributed by atoms with Gasteiger partial charge in [-0.25, -0.2) is 10.2 Å². The lowest BCUT2D eigenvalue weighted by atomic mass is 10.1. The van der Waals surface area contributed by atoms with E-state index in [0.717, 1.165) is 35.5 Å². The minimum atomic E-state index is -0.417. The quantitative estimate of drug-likeness (QED) is 0.0300. The lowest BCUT2D eigenvalue weighted by molar-refractivity contribution is -0.118. The van der Waals surface area contributed by atoms with E-state index in [9.17, 15) is 9.59 Å². The topological polar surface area (TPSA) is 98.5 Å². The number of carbonyl (C=O) groups excluding carboxylic acids is 2. The number of aryl methyl sites for hydroxylation is 2. The number of hydrogen-bond acceptors (Lipinski definition) is 7. The highest BCUT2D eigenvalue weighted by Gasteiger charge is 2.16. The summed E-state index contributed by atoms with van der Waals surface area (Å²) < 4.78 is 7.49. The van der Waals surface area contributed by atoms with Crippen LogP contribution in [0.15, 0.2) is 89.1 Å². The summed E-state index contributed by atoms with van der Waals surface area (Å²) in [5, 5.41) is 13.7. The number of nitrogens with zero attached hydrogens (tertiary/aromatic N) is 4. The number of nitrogens with one attached hydrogen (secondary N) is 1. The first-order chi connectivity index (χ1) is 22.0. The molecule has 0 saturated heterocycles. The fourth-order valence-corrected chi connectivity index (χ4v) is 5.57. The number of unbranched alkanes of at least 4 members (excludes halogenated alkanes) is 8. The first-order valence-corrected chi connectivity index (χ1v) is 16.9. The van der Waals surface area contributed by atoms with E-state index >= 15 is 0 Å². The molecule has 45 heavy (non-hydrogen) atoms. The molecule has 236 valence electrons. The molecule has 4 aromatic rings. The molecule has 0 atom stereocenters. The molecule has 0 aliphatic heterocycles. The van der Waals surface area contributed by atoms with Crippen LogP contribution >= 0.6 is 11.8 Å². The molecule has 0 unspecified atom stereocenters. The predicted molar refractivity (Wildman–Crippen MR) is 181 cm³/mol. The van der Waals surface area contributed by atoms with E-state index in [2.05, 4.69) is 32.2 Å². The molecule has 8 nitrogen and oxygen atoms in total. The smallest absolute Gasteiger partial charge is 0.343 e. The van der Waals surface area contributed by atoms with Gasteiger partial charge in [0.15, 0.2) is 5.16 Å². The van der Waals surface area contributed by atoms with Crippen molar-refractivity contribution in [1.82, 2.24) is 20.2 Å². The number of para-hydroxylation sites is 1. The molecule has 1 N–H and O–H groups in total. The Balaban J connectivity index is 1.24. The van der Waals surface area contributed by atoms with Crippen LogP contribution in [0.4, 0.5) is 0 Å². The van der Waals surface area contributed by atoms with Crippen molar-refractivity contribution in [2.75, 3.05) is 5.75 Å². The summed E-state index contributed by atoms with van der Waals surface area (Å²) in [5.41, 5.74) is 5.88. The fraction of sp³-hybridized carbons (Fsp3) is 0.361. The Hall–Kier alpha value is -4.24. The van der Waals surface area contributed by atoms with Crippen LogP contribution in [0.5, 0.6) is 5.75 Å². The zero-order valence-electron chi connectivity index (χ0n) is 26.3. The van der Waals surface area contributed by atoms with Crippen LogP contribution in [0.2, 0.25) is 0 Å². The van der Waals surface area contributed by atoms with Gasteiger partial charge in [0.1, 0.15) is 11.6 Å². The van der Waals surface area contributed by atoms with Gasteiger partial charge in [-0.3, -0.25) is 9.36 Å². The lowest BCUT2D eigenvalue weighted by Gasteiger charge is -2.10. The van der Waals surface area contributed by atoms with E-state index in [1.807, 2.05) is 49.4 Å². The van der Waals surface area contributed by atoms with Gasteiger partial charge in [-0.15, -0.1) is 10.2 Å². The number of thioether (sulfide) groups is 1. The minimum Gasteiger partial charge on any atom is -0.423 e. The highest BCUT2D eigenvalue weighted by atomic mass is 32.2. The molecule has 9 heteroatoms. The van der Waals surface area contributed by atoms with Gasteiger partial charge >= 0.3 is 5.97 Å². The second-order valence-corrected chi connectivity index (χ2v) is 12.0. The van der Waals surface area contributed by atoms with Crippen LogP contribution in [0.1, 0.15) is 92.0 Å². The van der Waals surface area contributed by atoms with Gasteiger partial charge in [0.2, 0.25) is 0 Å². The second-order valence-electron chi connectivity index (χ2n) is 11.1. The fourth-order valence-electron chi connectivity index (χ4n) is 4.80. The summed E-state index contributed by atoms with van der Waals surface area (Å²) in [4.78, 5) is 24.9. The van der Waals surface area contributed by atoms with Crippen LogP contribution in [0.25, 0.3) is 5.69 Å². The molecular weight excluding hydrogens is 582 g/mol. The monoisotopic (exact) mass is 625 g/mol. The molecule has 3 aromatic carbocycles. The Labute approximate surface area is 270 Å². The number of benzene rings is 3. The van der Waals surface area contributed by atoms with Crippen LogP contribution in [-0.4, -0.2) is 38.6 Å². The van der Waals surface area contributed by atoms with E-state index < -0.39 is 5.97 Å². The minimum absolute atomic E-state index is 0.147. The van der Waals surface area contributed by atoms with E-state index in [-0.39, 0.29) is 11.7 Å². The third kappa shape index (κ3) is 11.3. The van der Waals surface area contributed by atoms with Crippen molar-refractivity contribution in [2.45, 2.75) is 83.2 Å². The van der Waals surface area contributed by atoms with Gasteiger partial charge < -0.3 is 4.74 Å². The SMILES string of the molecule is CCCCCCCCCCCc1nnc(SCC(=O)NN=Cc2ccc(OC(=O)c3ccc(C)cc3)cc2)n1-c1ccccc1. The summed E-state index contributed by atoms with van der Waals surface area (Å²) in [6.07, 6.45) is 13.8. The van der Waals surface area contributed by atoms with Crippen molar-refractivity contribution >= 4 is 29.9 Å². The maximum Gasteiger partial charge on any atom is 0.343 e. The summed E-state index contributed by atoms with van der Waals surface area (Å²) in [6, 6.07) is 24.2. The van der Waals surface area contributed by atoms with Crippen LogP contribution in [0, 0.1) is 6.92 Å². The number of amides is 1. The summed E-state index contributed by atoms with van der Waals surface area (Å²) >= 11 is 1.34. The molecule has 0 bridgehead atoms. The van der Waals surface area contributed by atoms with Crippen molar-refractivity contribution in [2.24, 2.45) is 5.10 Å². The highest BCUT2D eigenvalue weighted by molar-refractivity contribution is 7.99. The predicted octanol–water partition coefficient (Wildman–Crippen LogP) is 8.11. The number of esters is 1. The maximum atomic E-state index is 12.6.